The minimum atomic E-state index is -3.48. The van der Waals surface area contributed by atoms with Crippen LogP contribution in [0.3, 0.4) is 0 Å². The molecule has 0 fully saturated rings. The zero-order chi connectivity index (χ0) is 15.3. The third-order valence-electron chi connectivity index (χ3n) is 2.67. The van der Waals surface area contributed by atoms with Gasteiger partial charge >= 0.3 is 0 Å². The van der Waals surface area contributed by atoms with E-state index in [1.807, 2.05) is 13.8 Å². The highest BCUT2D eigenvalue weighted by Crippen LogP contribution is 2.19. The molecule has 0 bridgehead atoms. The first-order valence-electron chi connectivity index (χ1n) is 6.53. The highest BCUT2D eigenvalue weighted by molar-refractivity contribution is 7.89. The minimum Gasteiger partial charge on any atom is -0.343 e. The largest absolute Gasteiger partial charge is 0.343 e. The number of hydrogen-bond donors (Lipinski definition) is 2. The third kappa shape index (κ3) is 4.88. The fourth-order valence-corrected chi connectivity index (χ4v) is 3.84. The summed E-state index contributed by atoms with van der Waals surface area (Å²) in [5.41, 5.74) is 0. The summed E-state index contributed by atoms with van der Waals surface area (Å²) in [5.74, 6) is 0.477. The summed E-state index contributed by atoms with van der Waals surface area (Å²) in [7, 11) is -3.48. The molecule has 116 valence electrons. The molecule has 0 aliphatic rings. The van der Waals surface area contributed by atoms with Crippen LogP contribution in [0.25, 0.3) is 0 Å². The molecule has 0 radical (unpaired) electrons. The van der Waals surface area contributed by atoms with Crippen LogP contribution in [0.2, 0.25) is 0 Å². The quantitative estimate of drug-likeness (QED) is 0.753. The van der Waals surface area contributed by atoms with E-state index in [1.165, 1.54) is 17.7 Å². The normalized spacial score (nSPS) is 12.1. The van der Waals surface area contributed by atoms with Gasteiger partial charge < -0.3 is 9.84 Å². The number of thiophene rings is 1. The first-order chi connectivity index (χ1) is 9.97. The molecule has 0 saturated heterocycles. The molecule has 2 heterocycles. The van der Waals surface area contributed by atoms with E-state index in [1.54, 1.807) is 11.4 Å². The van der Waals surface area contributed by atoms with Crippen LogP contribution in [0.5, 0.6) is 0 Å². The summed E-state index contributed by atoms with van der Waals surface area (Å²) in [6.45, 7) is 4.99. The van der Waals surface area contributed by atoms with Crippen molar-refractivity contribution in [2.45, 2.75) is 37.8 Å². The lowest BCUT2D eigenvalue weighted by atomic mass is 10.4. The van der Waals surface area contributed by atoms with Gasteiger partial charge in [-0.15, -0.1) is 11.3 Å². The fraction of sp³-hybridized carbons (Fsp3) is 0.500. The van der Waals surface area contributed by atoms with Crippen molar-refractivity contribution < 1.29 is 12.9 Å². The Balaban J connectivity index is 1.89. The first kappa shape index (κ1) is 16.1. The van der Waals surface area contributed by atoms with Crippen molar-refractivity contribution in [2.75, 3.05) is 6.54 Å². The Kier molecular flexibility index (Phi) is 5.45. The highest BCUT2D eigenvalue weighted by atomic mass is 32.2. The van der Waals surface area contributed by atoms with Crippen LogP contribution in [0, 0.1) is 0 Å². The van der Waals surface area contributed by atoms with E-state index in [0.29, 0.717) is 29.7 Å². The topological polar surface area (TPSA) is 97.1 Å². The van der Waals surface area contributed by atoms with Crippen molar-refractivity contribution in [1.29, 1.82) is 0 Å². The third-order valence-corrected chi connectivity index (χ3v) is 5.20. The van der Waals surface area contributed by atoms with Gasteiger partial charge in [-0.25, -0.2) is 13.1 Å². The Morgan fingerprint density at radius 1 is 1.43 bits per heavy atom. The molecule has 7 nitrogen and oxygen atoms in total. The van der Waals surface area contributed by atoms with Crippen molar-refractivity contribution in [3.63, 3.8) is 0 Å². The van der Waals surface area contributed by atoms with Gasteiger partial charge in [0.05, 0.1) is 4.90 Å². The van der Waals surface area contributed by atoms with Crippen molar-refractivity contribution in [1.82, 2.24) is 20.2 Å². The monoisotopic (exact) mass is 330 g/mol. The molecule has 2 N–H and O–H groups in total. The molecular formula is C12H18N4O3S2. The van der Waals surface area contributed by atoms with Gasteiger partial charge in [0.1, 0.15) is 0 Å². The molecule has 21 heavy (non-hydrogen) atoms. The molecule has 0 atom stereocenters. The van der Waals surface area contributed by atoms with Crippen LogP contribution in [0.4, 0.5) is 0 Å². The molecule has 9 heteroatoms. The van der Waals surface area contributed by atoms with Crippen LogP contribution in [0.1, 0.15) is 24.5 Å². The summed E-state index contributed by atoms with van der Waals surface area (Å²) in [4.78, 5) is 5.12. The number of aromatic nitrogens is 2. The lowest BCUT2D eigenvalue weighted by molar-refractivity contribution is 0.410. The molecular weight excluding hydrogens is 312 g/mol. The van der Waals surface area contributed by atoms with Gasteiger partial charge in [0.25, 0.3) is 0 Å². The van der Waals surface area contributed by atoms with E-state index in [0.717, 1.165) is 4.88 Å². The maximum absolute atomic E-state index is 12.1. The summed E-state index contributed by atoms with van der Waals surface area (Å²) < 4.78 is 31.4. The van der Waals surface area contributed by atoms with Gasteiger partial charge in [0.15, 0.2) is 5.82 Å². The molecule has 0 aliphatic heterocycles. The van der Waals surface area contributed by atoms with E-state index in [9.17, 15) is 8.42 Å². The molecule has 0 aromatic carbocycles. The Morgan fingerprint density at radius 2 is 2.24 bits per heavy atom. The Labute approximate surface area is 127 Å². The van der Waals surface area contributed by atoms with E-state index in [-0.39, 0.29) is 6.54 Å². The minimum absolute atomic E-state index is 0.233. The Hall–Kier alpha value is -1.29. The van der Waals surface area contributed by atoms with E-state index in [2.05, 4.69) is 24.7 Å². The van der Waals surface area contributed by atoms with Gasteiger partial charge in [0.2, 0.25) is 16.4 Å². The van der Waals surface area contributed by atoms with Gasteiger partial charge in [-0.2, -0.15) is 4.98 Å². The lowest BCUT2D eigenvalue weighted by Gasteiger charge is -2.05. The summed E-state index contributed by atoms with van der Waals surface area (Å²) in [5, 5.41) is 8.53. The number of sulfonamides is 1. The van der Waals surface area contributed by atoms with Crippen molar-refractivity contribution >= 4 is 21.4 Å². The summed E-state index contributed by atoms with van der Waals surface area (Å²) >= 11 is 1.43. The van der Waals surface area contributed by atoms with E-state index < -0.39 is 10.0 Å². The number of nitrogens with zero attached hydrogens (tertiary/aromatic N) is 2. The Bertz CT molecular complexity index is 650. The average Bonchev–Trinajstić information content (AvgIpc) is 3.07. The molecule has 0 amide bonds. The smallest absolute Gasteiger partial charge is 0.241 e. The predicted octanol–water partition coefficient (Wildman–Crippen LogP) is 1.15. The molecule has 2 rings (SSSR count). The second kappa shape index (κ2) is 7.12. The average molecular weight is 330 g/mol. The zero-order valence-electron chi connectivity index (χ0n) is 11.9. The standard InChI is InChI=1S/C12H18N4O3S2/c1-9(2)13-6-10-5-11(7-20-10)21(17,18)15-4-3-12-14-8-19-16-12/h5,7-9,13,15H,3-4,6H2,1-2H3. The number of hydrogen-bond acceptors (Lipinski definition) is 7. The van der Waals surface area contributed by atoms with Crippen LogP contribution >= 0.6 is 11.3 Å². The summed E-state index contributed by atoms with van der Waals surface area (Å²) in [6, 6.07) is 2.05. The molecule has 0 unspecified atom stereocenters. The zero-order valence-corrected chi connectivity index (χ0v) is 13.5. The highest BCUT2D eigenvalue weighted by Gasteiger charge is 2.16. The molecule has 2 aromatic rings. The molecule has 0 spiro atoms. The molecule has 0 saturated carbocycles. The maximum atomic E-state index is 12.1. The first-order valence-corrected chi connectivity index (χ1v) is 8.89. The van der Waals surface area contributed by atoms with E-state index in [4.69, 9.17) is 0 Å². The van der Waals surface area contributed by atoms with Crippen LogP contribution in [0.15, 0.2) is 27.3 Å². The van der Waals surface area contributed by atoms with Gasteiger partial charge in [-0.1, -0.05) is 19.0 Å². The molecule has 2 aromatic heterocycles. The van der Waals surface area contributed by atoms with Crippen LogP contribution in [-0.2, 0) is 23.0 Å². The fourth-order valence-electron chi connectivity index (χ4n) is 1.58. The molecule has 0 aliphatic carbocycles. The Morgan fingerprint density at radius 3 is 2.90 bits per heavy atom. The predicted molar refractivity (Wildman–Crippen MR) is 79.5 cm³/mol. The van der Waals surface area contributed by atoms with Gasteiger partial charge in [-0.05, 0) is 6.07 Å². The second-order valence-corrected chi connectivity index (χ2v) is 7.54. The van der Waals surface area contributed by atoms with Gasteiger partial charge in [0, 0.05) is 35.8 Å². The number of nitrogens with one attached hydrogen (secondary N) is 2. The van der Waals surface area contributed by atoms with Crippen molar-refractivity contribution in [3.05, 3.63) is 28.5 Å². The second-order valence-electron chi connectivity index (χ2n) is 4.78. The SMILES string of the molecule is CC(C)NCc1cc(S(=O)(=O)NCCc2ncon2)cs1. The summed E-state index contributed by atoms with van der Waals surface area (Å²) in [6.07, 6.45) is 1.61. The number of rotatable bonds is 8. The van der Waals surface area contributed by atoms with Crippen LogP contribution in [-0.4, -0.2) is 31.1 Å². The van der Waals surface area contributed by atoms with Crippen molar-refractivity contribution in [2.24, 2.45) is 0 Å². The van der Waals surface area contributed by atoms with Crippen molar-refractivity contribution in [3.8, 4) is 0 Å². The van der Waals surface area contributed by atoms with Crippen LogP contribution < -0.4 is 10.0 Å². The maximum Gasteiger partial charge on any atom is 0.241 e. The van der Waals surface area contributed by atoms with E-state index >= 15 is 0 Å². The van der Waals surface area contributed by atoms with Gasteiger partial charge in [-0.3, -0.25) is 0 Å². The lowest BCUT2D eigenvalue weighted by Crippen LogP contribution is -2.26.